The molecule has 0 bridgehead atoms. The van der Waals surface area contributed by atoms with Crippen molar-refractivity contribution in [2.45, 2.75) is 12.5 Å². The summed E-state index contributed by atoms with van der Waals surface area (Å²) >= 11 is 0. The summed E-state index contributed by atoms with van der Waals surface area (Å²) in [4.78, 5) is 0. The SMILES string of the molecule is COCCC(NN)c1ccccc1. The molecule has 0 saturated carbocycles. The normalized spacial score (nSPS) is 12.8. The van der Waals surface area contributed by atoms with Crippen molar-refractivity contribution in [1.29, 1.82) is 0 Å². The summed E-state index contributed by atoms with van der Waals surface area (Å²) in [7, 11) is 1.69. The number of ether oxygens (including phenoxy) is 1. The van der Waals surface area contributed by atoms with Crippen molar-refractivity contribution in [3.8, 4) is 0 Å². The van der Waals surface area contributed by atoms with Crippen LogP contribution in [0.25, 0.3) is 0 Å². The zero-order valence-electron chi connectivity index (χ0n) is 7.86. The lowest BCUT2D eigenvalue weighted by molar-refractivity contribution is 0.183. The van der Waals surface area contributed by atoms with Gasteiger partial charge in [-0.3, -0.25) is 11.3 Å². The largest absolute Gasteiger partial charge is 0.385 e. The van der Waals surface area contributed by atoms with E-state index in [9.17, 15) is 0 Å². The first-order chi connectivity index (χ1) is 6.38. The van der Waals surface area contributed by atoms with E-state index in [4.69, 9.17) is 10.6 Å². The van der Waals surface area contributed by atoms with E-state index >= 15 is 0 Å². The minimum absolute atomic E-state index is 0.182. The van der Waals surface area contributed by atoms with E-state index in [2.05, 4.69) is 17.6 Å². The third-order valence-corrected chi connectivity index (χ3v) is 2.01. The Kier molecular flexibility index (Phi) is 4.46. The number of nitrogens with two attached hydrogens (primary N) is 1. The summed E-state index contributed by atoms with van der Waals surface area (Å²) in [6, 6.07) is 10.3. The van der Waals surface area contributed by atoms with Crippen LogP contribution in [-0.4, -0.2) is 13.7 Å². The molecule has 0 aromatic heterocycles. The maximum Gasteiger partial charge on any atom is 0.0481 e. The summed E-state index contributed by atoms with van der Waals surface area (Å²) in [5.74, 6) is 5.44. The van der Waals surface area contributed by atoms with Crippen LogP contribution in [-0.2, 0) is 4.74 Å². The molecule has 1 unspecified atom stereocenters. The molecule has 0 radical (unpaired) electrons. The van der Waals surface area contributed by atoms with Crippen molar-refractivity contribution in [3.63, 3.8) is 0 Å². The van der Waals surface area contributed by atoms with Crippen LogP contribution in [0.2, 0.25) is 0 Å². The molecule has 0 aliphatic rings. The second-order valence-corrected chi connectivity index (χ2v) is 2.91. The number of rotatable bonds is 5. The summed E-state index contributed by atoms with van der Waals surface area (Å²) in [5.41, 5.74) is 3.97. The Bertz CT molecular complexity index is 226. The Morgan fingerprint density at radius 1 is 1.38 bits per heavy atom. The van der Waals surface area contributed by atoms with Gasteiger partial charge in [0, 0.05) is 19.8 Å². The van der Waals surface area contributed by atoms with Crippen LogP contribution in [0.4, 0.5) is 0 Å². The Labute approximate surface area is 78.9 Å². The Balaban J connectivity index is 2.56. The van der Waals surface area contributed by atoms with E-state index in [1.54, 1.807) is 7.11 Å². The number of nitrogens with one attached hydrogen (secondary N) is 1. The number of hydrazine groups is 1. The number of benzene rings is 1. The van der Waals surface area contributed by atoms with Gasteiger partial charge in [0.05, 0.1) is 0 Å². The first kappa shape index (κ1) is 10.2. The maximum absolute atomic E-state index is 5.44. The molecule has 0 aliphatic carbocycles. The highest BCUT2D eigenvalue weighted by Gasteiger charge is 2.07. The van der Waals surface area contributed by atoms with Gasteiger partial charge in [-0.25, -0.2) is 0 Å². The lowest BCUT2D eigenvalue weighted by Crippen LogP contribution is -2.28. The monoisotopic (exact) mass is 180 g/mol. The van der Waals surface area contributed by atoms with Gasteiger partial charge in [-0.1, -0.05) is 30.3 Å². The second-order valence-electron chi connectivity index (χ2n) is 2.91. The zero-order chi connectivity index (χ0) is 9.52. The molecule has 0 fully saturated rings. The Hall–Kier alpha value is -0.900. The van der Waals surface area contributed by atoms with Gasteiger partial charge in [-0.05, 0) is 12.0 Å². The van der Waals surface area contributed by atoms with Crippen LogP contribution < -0.4 is 11.3 Å². The third kappa shape index (κ3) is 3.14. The minimum atomic E-state index is 0.182. The van der Waals surface area contributed by atoms with Crippen LogP contribution in [0.1, 0.15) is 18.0 Å². The number of hydrogen-bond acceptors (Lipinski definition) is 3. The molecule has 1 atom stereocenters. The van der Waals surface area contributed by atoms with E-state index in [1.165, 1.54) is 5.56 Å². The van der Waals surface area contributed by atoms with E-state index in [0.717, 1.165) is 6.42 Å². The topological polar surface area (TPSA) is 47.3 Å². The molecule has 13 heavy (non-hydrogen) atoms. The van der Waals surface area contributed by atoms with Crippen molar-refractivity contribution < 1.29 is 4.74 Å². The fraction of sp³-hybridized carbons (Fsp3) is 0.400. The average Bonchev–Trinajstić information content (AvgIpc) is 2.21. The first-order valence-electron chi connectivity index (χ1n) is 4.38. The van der Waals surface area contributed by atoms with Crippen LogP contribution in [0, 0.1) is 0 Å². The number of methoxy groups -OCH3 is 1. The van der Waals surface area contributed by atoms with Crippen molar-refractivity contribution in [1.82, 2.24) is 5.43 Å². The molecule has 0 spiro atoms. The van der Waals surface area contributed by atoms with Crippen LogP contribution in [0.3, 0.4) is 0 Å². The van der Waals surface area contributed by atoms with E-state index < -0.39 is 0 Å². The predicted octanol–water partition coefficient (Wildman–Crippen LogP) is 1.23. The molecule has 1 rings (SSSR count). The lowest BCUT2D eigenvalue weighted by atomic mass is 10.1. The minimum Gasteiger partial charge on any atom is -0.385 e. The van der Waals surface area contributed by atoms with Gasteiger partial charge in [-0.2, -0.15) is 0 Å². The lowest BCUT2D eigenvalue weighted by Gasteiger charge is -2.15. The van der Waals surface area contributed by atoms with Crippen LogP contribution in [0.15, 0.2) is 30.3 Å². The van der Waals surface area contributed by atoms with Crippen LogP contribution in [0.5, 0.6) is 0 Å². The second kappa shape index (κ2) is 5.70. The van der Waals surface area contributed by atoms with Gasteiger partial charge in [0.25, 0.3) is 0 Å². The highest BCUT2D eigenvalue weighted by molar-refractivity contribution is 5.18. The molecular formula is C10H16N2O. The van der Waals surface area contributed by atoms with Gasteiger partial charge >= 0.3 is 0 Å². The Morgan fingerprint density at radius 2 is 2.08 bits per heavy atom. The molecular weight excluding hydrogens is 164 g/mol. The molecule has 0 heterocycles. The van der Waals surface area contributed by atoms with Gasteiger partial charge < -0.3 is 4.74 Å². The summed E-state index contributed by atoms with van der Waals surface area (Å²) < 4.78 is 5.00. The quantitative estimate of drug-likeness (QED) is 0.529. The van der Waals surface area contributed by atoms with Crippen LogP contribution >= 0.6 is 0 Å². The average molecular weight is 180 g/mol. The molecule has 3 nitrogen and oxygen atoms in total. The van der Waals surface area contributed by atoms with Crippen molar-refractivity contribution >= 4 is 0 Å². The highest BCUT2D eigenvalue weighted by atomic mass is 16.5. The number of hydrogen-bond donors (Lipinski definition) is 2. The smallest absolute Gasteiger partial charge is 0.0481 e. The summed E-state index contributed by atoms with van der Waals surface area (Å²) in [6.45, 7) is 0.712. The molecule has 0 aliphatic heterocycles. The first-order valence-corrected chi connectivity index (χ1v) is 4.38. The van der Waals surface area contributed by atoms with Gasteiger partial charge in [-0.15, -0.1) is 0 Å². The predicted molar refractivity (Wildman–Crippen MR) is 53.0 cm³/mol. The molecule has 0 saturated heterocycles. The van der Waals surface area contributed by atoms with E-state index in [-0.39, 0.29) is 6.04 Å². The summed E-state index contributed by atoms with van der Waals surface area (Å²) in [5, 5.41) is 0. The standard InChI is InChI=1S/C10H16N2O/c1-13-8-7-10(12-11)9-5-3-2-4-6-9/h2-6,10,12H,7-8,11H2,1H3. The van der Waals surface area contributed by atoms with Gasteiger partial charge in [0.1, 0.15) is 0 Å². The highest BCUT2D eigenvalue weighted by Crippen LogP contribution is 2.14. The van der Waals surface area contributed by atoms with E-state index in [0.29, 0.717) is 6.61 Å². The van der Waals surface area contributed by atoms with Gasteiger partial charge in [0.2, 0.25) is 0 Å². The third-order valence-electron chi connectivity index (χ3n) is 2.01. The molecule has 0 amide bonds. The molecule has 3 N–H and O–H groups in total. The van der Waals surface area contributed by atoms with Gasteiger partial charge in [0.15, 0.2) is 0 Å². The molecule has 72 valence electrons. The van der Waals surface area contributed by atoms with E-state index in [1.807, 2.05) is 18.2 Å². The fourth-order valence-electron chi connectivity index (χ4n) is 1.27. The van der Waals surface area contributed by atoms with Crippen molar-refractivity contribution in [3.05, 3.63) is 35.9 Å². The summed E-state index contributed by atoms with van der Waals surface area (Å²) in [6.07, 6.45) is 0.886. The molecule has 3 heteroatoms. The Morgan fingerprint density at radius 3 is 2.62 bits per heavy atom. The fourth-order valence-corrected chi connectivity index (χ4v) is 1.27. The maximum atomic E-state index is 5.44. The van der Waals surface area contributed by atoms with Crippen molar-refractivity contribution in [2.75, 3.05) is 13.7 Å². The molecule has 1 aromatic carbocycles. The molecule has 1 aromatic rings. The van der Waals surface area contributed by atoms with Crippen molar-refractivity contribution in [2.24, 2.45) is 5.84 Å². The zero-order valence-corrected chi connectivity index (χ0v) is 7.86.